The molecule has 1 spiro atoms. The van der Waals surface area contributed by atoms with Gasteiger partial charge >= 0.3 is 6.09 Å². The summed E-state index contributed by atoms with van der Waals surface area (Å²) in [4.78, 5) is 14.9. The second-order valence-electron chi connectivity index (χ2n) is 8.57. The molecule has 1 aromatic carbocycles. The number of fused-ring (bicyclic) bond motifs is 2. The predicted octanol–water partition coefficient (Wildman–Crippen LogP) is 5.13. The number of rotatable bonds is 2. The highest BCUT2D eigenvalue weighted by atomic mass is 79.9. The zero-order valence-electron chi connectivity index (χ0n) is 16.0. The van der Waals surface area contributed by atoms with Crippen LogP contribution in [-0.4, -0.2) is 35.3 Å². The summed E-state index contributed by atoms with van der Waals surface area (Å²) in [5, 5.41) is 0. The van der Waals surface area contributed by atoms with E-state index in [1.165, 1.54) is 0 Å². The average molecular weight is 436 g/mol. The van der Waals surface area contributed by atoms with Crippen molar-refractivity contribution in [2.45, 2.75) is 69.8 Å². The Bertz CT molecular complexity index is 768. The summed E-state index contributed by atoms with van der Waals surface area (Å²) in [7, 11) is 0. The van der Waals surface area contributed by atoms with E-state index in [1.807, 2.05) is 49.9 Å². The van der Waals surface area contributed by atoms with Gasteiger partial charge in [0.25, 0.3) is 0 Å². The number of carbonyl (C=O) groups is 1. The zero-order valence-corrected chi connectivity index (χ0v) is 17.6. The molecule has 0 bridgehead atoms. The van der Waals surface area contributed by atoms with Crippen LogP contribution in [0.1, 0.15) is 52.0 Å². The summed E-state index contributed by atoms with van der Waals surface area (Å²) < 4.78 is 18.7. The molecule has 3 aliphatic rings. The molecule has 2 aliphatic heterocycles. The van der Waals surface area contributed by atoms with Gasteiger partial charge in [0.1, 0.15) is 11.4 Å². The minimum atomic E-state index is -0.617. The molecule has 146 valence electrons. The summed E-state index contributed by atoms with van der Waals surface area (Å²) in [5.41, 5.74) is -0.186. The van der Waals surface area contributed by atoms with E-state index in [4.69, 9.17) is 14.2 Å². The third-order valence-electron chi connectivity index (χ3n) is 5.17. The number of carbonyl (C=O) groups excluding carboxylic acids is 1. The number of halogens is 1. The topological polar surface area (TPSA) is 48.0 Å². The van der Waals surface area contributed by atoms with Crippen LogP contribution in [-0.2, 0) is 15.0 Å². The van der Waals surface area contributed by atoms with Gasteiger partial charge in [0.05, 0.1) is 24.0 Å². The smallest absolute Gasteiger partial charge is 0.411 e. The number of amides is 1. The maximum Gasteiger partial charge on any atom is 0.411 e. The Morgan fingerprint density at radius 3 is 2.74 bits per heavy atom. The fraction of sp³-hybridized carbons (Fsp3) is 0.571. The van der Waals surface area contributed by atoms with Gasteiger partial charge in [-0.25, -0.2) is 4.79 Å². The number of likely N-dealkylation sites (tertiary alicyclic amines) is 1. The maximum atomic E-state index is 13.1. The SMILES string of the molecule is CC(C)(C)OC(=O)N1CC[C@H](OC2CC2)C[C@@]12C=COc1cc(Br)ccc12. The second-order valence-corrected chi connectivity index (χ2v) is 9.48. The van der Waals surface area contributed by atoms with Crippen LogP contribution in [0, 0.1) is 0 Å². The highest BCUT2D eigenvalue weighted by Crippen LogP contribution is 2.48. The first-order valence-electron chi connectivity index (χ1n) is 9.57. The lowest BCUT2D eigenvalue weighted by Gasteiger charge is -2.49. The van der Waals surface area contributed by atoms with Crippen LogP contribution in [0.25, 0.3) is 0 Å². The zero-order chi connectivity index (χ0) is 19.2. The lowest BCUT2D eigenvalue weighted by molar-refractivity contribution is -0.0588. The fourth-order valence-electron chi connectivity index (χ4n) is 3.87. The first-order valence-corrected chi connectivity index (χ1v) is 10.4. The van der Waals surface area contributed by atoms with Gasteiger partial charge in [0.2, 0.25) is 0 Å². The quantitative estimate of drug-likeness (QED) is 0.645. The lowest BCUT2D eigenvalue weighted by atomic mass is 9.78. The molecule has 0 N–H and O–H groups in total. The van der Waals surface area contributed by atoms with Crippen LogP contribution < -0.4 is 4.74 Å². The van der Waals surface area contributed by atoms with E-state index in [2.05, 4.69) is 15.9 Å². The Hall–Kier alpha value is -1.53. The predicted molar refractivity (Wildman–Crippen MR) is 106 cm³/mol. The van der Waals surface area contributed by atoms with E-state index in [-0.39, 0.29) is 12.2 Å². The molecule has 1 aliphatic carbocycles. The molecule has 0 unspecified atom stereocenters. The standard InChI is InChI=1S/C21H26BrNO4/c1-20(2,3)27-19(24)23-10-8-16(26-15-5-6-15)13-21(23)9-11-25-18-12-14(22)4-7-17(18)21/h4,7,9,11-12,15-16H,5-6,8,10,13H2,1-3H3/t16-,21+/m0/s1. The third kappa shape index (κ3) is 3.87. The first-order chi connectivity index (χ1) is 12.8. The van der Waals surface area contributed by atoms with Crippen molar-refractivity contribution in [2.24, 2.45) is 0 Å². The molecular weight excluding hydrogens is 410 g/mol. The van der Waals surface area contributed by atoms with Gasteiger partial charge < -0.3 is 14.2 Å². The van der Waals surface area contributed by atoms with E-state index < -0.39 is 11.1 Å². The largest absolute Gasteiger partial charge is 0.465 e. The van der Waals surface area contributed by atoms with Crippen molar-refractivity contribution in [1.29, 1.82) is 0 Å². The number of benzene rings is 1. The molecule has 5 nitrogen and oxygen atoms in total. The highest BCUT2D eigenvalue weighted by Gasteiger charge is 2.49. The number of hydrogen-bond donors (Lipinski definition) is 0. The summed E-state index contributed by atoms with van der Waals surface area (Å²) in [6.07, 6.45) is 7.68. The number of piperidine rings is 1. The van der Waals surface area contributed by atoms with Gasteiger partial charge in [-0.15, -0.1) is 0 Å². The lowest BCUT2D eigenvalue weighted by Crippen LogP contribution is -2.56. The average Bonchev–Trinajstić information content (AvgIpc) is 3.37. The summed E-state index contributed by atoms with van der Waals surface area (Å²) in [5.74, 6) is 0.757. The van der Waals surface area contributed by atoms with Crippen molar-refractivity contribution in [3.05, 3.63) is 40.6 Å². The van der Waals surface area contributed by atoms with Crippen molar-refractivity contribution in [3.63, 3.8) is 0 Å². The van der Waals surface area contributed by atoms with E-state index in [0.717, 1.165) is 35.0 Å². The van der Waals surface area contributed by atoms with Crippen molar-refractivity contribution in [1.82, 2.24) is 4.90 Å². The molecule has 2 fully saturated rings. The molecule has 0 aromatic heterocycles. The summed E-state index contributed by atoms with van der Waals surface area (Å²) in [6.45, 7) is 6.27. The highest BCUT2D eigenvalue weighted by molar-refractivity contribution is 9.10. The third-order valence-corrected chi connectivity index (χ3v) is 5.66. The summed E-state index contributed by atoms with van der Waals surface area (Å²) in [6, 6.07) is 5.96. The Morgan fingerprint density at radius 1 is 1.26 bits per heavy atom. The molecule has 1 saturated heterocycles. The van der Waals surface area contributed by atoms with Gasteiger partial charge in [-0.05, 0) is 58.2 Å². The van der Waals surface area contributed by atoms with Crippen molar-refractivity contribution in [3.8, 4) is 5.75 Å². The Labute approximate surface area is 168 Å². The Kier molecular flexibility index (Phi) is 4.75. The Morgan fingerprint density at radius 2 is 2.04 bits per heavy atom. The molecule has 2 atom stereocenters. The van der Waals surface area contributed by atoms with Gasteiger partial charge in [-0.2, -0.15) is 0 Å². The molecule has 1 amide bonds. The molecule has 0 radical (unpaired) electrons. The Balaban J connectivity index is 1.71. The minimum Gasteiger partial charge on any atom is -0.465 e. The van der Waals surface area contributed by atoms with Gasteiger partial charge in [-0.3, -0.25) is 4.90 Å². The maximum absolute atomic E-state index is 13.1. The molecule has 4 rings (SSSR count). The van der Waals surface area contributed by atoms with Gasteiger partial charge in [0, 0.05) is 23.0 Å². The van der Waals surface area contributed by atoms with Crippen molar-refractivity contribution < 1.29 is 19.0 Å². The van der Waals surface area contributed by atoms with Crippen LogP contribution in [0.4, 0.5) is 4.79 Å². The van der Waals surface area contributed by atoms with Gasteiger partial charge in [0.15, 0.2) is 0 Å². The molecule has 2 heterocycles. The molecule has 27 heavy (non-hydrogen) atoms. The fourth-order valence-corrected chi connectivity index (χ4v) is 4.21. The van der Waals surface area contributed by atoms with E-state index in [1.54, 1.807) is 6.26 Å². The van der Waals surface area contributed by atoms with Crippen LogP contribution >= 0.6 is 15.9 Å². The van der Waals surface area contributed by atoms with Crippen LogP contribution in [0.2, 0.25) is 0 Å². The van der Waals surface area contributed by atoms with Crippen molar-refractivity contribution in [2.75, 3.05) is 6.54 Å². The number of hydrogen-bond acceptors (Lipinski definition) is 4. The number of ether oxygens (including phenoxy) is 3. The minimum absolute atomic E-state index is 0.121. The molecule has 1 aromatic rings. The van der Waals surface area contributed by atoms with E-state index in [0.29, 0.717) is 19.1 Å². The first kappa shape index (κ1) is 18.8. The van der Waals surface area contributed by atoms with Crippen LogP contribution in [0.3, 0.4) is 0 Å². The molecule has 6 heteroatoms. The monoisotopic (exact) mass is 435 g/mol. The van der Waals surface area contributed by atoms with E-state index in [9.17, 15) is 4.79 Å². The van der Waals surface area contributed by atoms with E-state index >= 15 is 0 Å². The van der Waals surface area contributed by atoms with Crippen molar-refractivity contribution >= 4 is 22.0 Å². The number of nitrogens with zero attached hydrogens (tertiary/aromatic N) is 1. The van der Waals surface area contributed by atoms with Crippen LogP contribution in [0.5, 0.6) is 5.75 Å². The van der Waals surface area contributed by atoms with Crippen LogP contribution in [0.15, 0.2) is 35.0 Å². The molecule has 1 saturated carbocycles. The normalized spacial score (nSPS) is 27.3. The summed E-state index contributed by atoms with van der Waals surface area (Å²) >= 11 is 3.51. The molecular formula is C21H26BrNO4. The second kappa shape index (κ2) is 6.82. The van der Waals surface area contributed by atoms with Gasteiger partial charge in [-0.1, -0.05) is 22.0 Å².